The number of ether oxygens (including phenoxy) is 2. The maximum atomic E-state index is 12.3. The maximum Gasteiger partial charge on any atom is 0.338 e. The monoisotopic (exact) mass is 361 g/mol. The molecule has 8 nitrogen and oxygen atoms in total. The van der Waals surface area contributed by atoms with Crippen LogP contribution < -0.4 is 15.5 Å². The fraction of sp³-hybridized carbons (Fsp3) is 0.500. The minimum Gasteiger partial charge on any atom is -0.449 e. The topological polar surface area (TPSA) is 97.0 Å². The molecule has 2 N–H and O–H groups in total. The van der Waals surface area contributed by atoms with E-state index in [1.54, 1.807) is 12.1 Å². The molecule has 2 amide bonds. The van der Waals surface area contributed by atoms with Gasteiger partial charge in [0.1, 0.15) is 6.04 Å². The number of benzene rings is 1. The van der Waals surface area contributed by atoms with Crippen LogP contribution in [0.5, 0.6) is 0 Å². The van der Waals surface area contributed by atoms with Crippen LogP contribution in [0.2, 0.25) is 0 Å². The van der Waals surface area contributed by atoms with Crippen molar-refractivity contribution in [2.75, 3.05) is 37.0 Å². The van der Waals surface area contributed by atoms with E-state index in [0.717, 1.165) is 25.1 Å². The largest absolute Gasteiger partial charge is 0.449 e. The quantitative estimate of drug-likeness (QED) is 0.578. The van der Waals surface area contributed by atoms with E-state index in [4.69, 9.17) is 9.47 Å². The van der Waals surface area contributed by atoms with Gasteiger partial charge in [0.15, 0.2) is 6.10 Å². The highest BCUT2D eigenvalue weighted by Crippen LogP contribution is 2.37. The van der Waals surface area contributed by atoms with Crippen LogP contribution in [0, 0.1) is 0 Å². The minimum absolute atomic E-state index is 0.0496. The molecule has 1 aromatic carbocycles. The molecule has 0 aliphatic carbocycles. The lowest BCUT2D eigenvalue weighted by atomic mass is 10.1. The van der Waals surface area contributed by atoms with E-state index in [0.29, 0.717) is 24.4 Å². The zero-order valence-electron chi connectivity index (χ0n) is 14.9. The Morgan fingerprint density at radius 2 is 2.23 bits per heavy atom. The molecule has 0 unspecified atom stereocenters. The number of carbonyl (C=O) groups is 3. The van der Waals surface area contributed by atoms with E-state index < -0.39 is 12.1 Å². The van der Waals surface area contributed by atoms with Crippen molar-refractivity contribution in [1.29, 1.82) is 0 Å². The standard InChI is InChI=1S/C18H23N3O5/c1-11(16(22)19-7-9-25-2)26-18(24)12-5-6-14-13(10-12)20-17(23)15-4-3-8-21(14)15/h5-6,10-11,15H,3-4,7-9H2,1-2H3,(H,19,22)(H,20,23)/t11-,15-/m0/s1. The second-order valence-corrected chi connectivity index (χ2v) is 6.40. The Kier molecular flexibility index (Phi) is 5.41. The van der Waals surface area contributed by atoms with Crippen LogP contribution in [-0.4, -0.2) is 56.7 Å². The normalized spacial score (nSPS) is 19.2. The van der Waals surface area contributed by atoms with Crippen molar-refractivity contribution < 1.29 is 23.9 Å². The lowest BCUT2D eigenvalue weighted by Gasteiger charge is -2.33. The SMILES string of the molecule is COCCNC(=O)[C@H](C)OC(=O)c1ccc2c(c1)NC(=O)[C@@H]1CCCN21. The summed E-state index contributed by atoms with van der Waals surface area (Å²) in [6, 6.07) is 4.94. The Balaban J connectivity index is 1.66. The van der Waals surface area contributed by atoms with Crippen molar-refractivity contribution >= 4 is 29.2 Å². The fourth-order valence-corrected chi connectivity index (χ4v) is 3.26. The summed E-state index contributed by atoms with van der Waals surface area (Å²) in [6.45, 7) is 3.07. The zero-order chi connectivity index (χ0) is 18.7. The molecule has 0 bridgehead atoms. The number of anilines is 2. The molecule has 3 rings (SSSR count). The number of hydrogen-bond donors (Lipinski definition) is 2. The van der Waals surface area contributed by atoms with E-state index in [9.17, 15) is 14.4 Å². The van der Waals surface area contributed by atoms with E-state index in [2.05, 4.69) is 15.5 Å². The highest BCUT2D eigenvalue weighted by molar-refractivity contribution is 6.05. The predicted octanol–water partition coefficient (Wildman–Crippen LogP) is 0.915. The van der Waals surface area contributed by atoms with Crippen molar-refractivity contribution in [2.45, 2.75) is 31.9 Å². The van der Waals surface area contributed by atoms with Gasteiger partial charge in [-0.3, -0.25) is 9.59 Å². The number of nitrogens with one attached hydrogen (secondary N) is 2. The lowest BCUT2D eigenvalue weighted by molar-refractivity contribution is -0.129. The van der Waals surface area contributed by atoms with Crippen molar-refractivity contribution in [2.24, 2.45) is 0 Å². The number of nitrogens with zero attached hydrogens (tertiary/aromatic N) is 1. The average molecular weight is 361 g/mol. The molecule has 0 aromatic heterocycles. The molecule has 0 saturated carbocycles. The Bertz CT molecular complexity index is 721. The van der Waals surface area contributed by atoms with Gasteiger partial charge in [-0.05, 0) is 38.0 Å². The van der Waals surface area contributed by atoms with E-state index in [-0.39, 0.29) is 17.9 Å². The van der Waals surface area contributed by atoms with Gasteiger partial charge in [0.2, 0.25) is 5.91 Å². The summed E-state index contributed by atoms with van der Waals surface area (Å²) in [6.07, 6.45) is 0.884. The summed E-state index contributed by atoms with van der Waals surface area (Å²) in [5, 5.41) is 5.47. The first-order valence-corrected chi connectivity index (χ1v) is 8.70. The summed E-state index contributed by atoms with van der Waals surface area (Å²) in [5.41, 5.74) is 1.80. The molecule has 1 saturated heterocycles. The van der Waals surface area contributed by atoms with Gasteiger partial charge in [-0.2, -0.15) is 0 Å². The lowest BCUT2D eigenvalue weighted by Crippen LogP contribution is -2.44. The molecule has 26 heavy (non-hydrogen) atoms. The Morgan fingerprint density at radius 1 is 1.42 bits per heavy atom. The maximum absolute atomic E-state index is 12.3. The van der Waals surface area contributed by atoms with Gasteiger partial charge in [-0.25, -0.2) is 4.79 Å². The van der Waals surface area contributed by atoms with Gasteiger partial charge >= 0.3 is 5.97 Å². The molecule has 2 atom stereocenters. The number of hydrogen-bond acceptors (Lipinski definition) is 6. The Morgan fingerprint density at radius 3 is 3.00 bits per heavy atom. The van der Waals surface area contributed by atoms with Crippen LogP contribution in [0.25, 0.3) is 0 Å². The minimum atomic E-state index is -0.923. The van der Waals surface area contributed by atoms with E-state index in [1.165, 1.54) is 14.0 Å². The van der Waals surface area contributed by atoms with Gasteiger partial charge in [0.25, 0.3) is 5.91 Å². The van der Waals surface area contributed by atoms with Crippen molar-refractivity contribution in [3.63, 3.8) is 0 Å². The van der Waals surface area contributed by atoms with E-state index >= 15 is 0 Å². The second kappa shape index (κ2) is 7.74. The third-order valence-corrected chi connectivity index (χ3v) is 4.61. The summed E-state index contributed by atoms with van der Waals surface area (Å²) in [7, 11) is 1.54. The molecule has 140 valence electrons. The summed E-state index contributed by atoms with van der Waals surface area (Å²) >= 11 is 0. The Hall–Kier alpha value is -2.61. The number of esters is 1. The first-order chi connectivity index (χ1) is 12.5. The average Bonchev–Trinajstić information content (AvgIpc) is 3.12. The van der Waals surface area contributed by atoms with Crippen LogP contribution in [0.15, 0.2) is 18.2 Å². The molecular weight excluding hydrogens is 338 g/mol. The van der Waals surface area contributed by atoms with E-state index in [1.807, 2.05) is 6.07 Å². The molecule has 1 aromatic rings. The third kappa shape index (κ3) is 3.65. The Labute approximate surface area is 151 Å². The van der Waals surface area contributed by atoms with Gasteiger partial charge < -0.3 is 25.0 Å². The van der Waals surface area contributed by atoms with Gasteiger partial charge in [-0.1, -0.05) is 0 Å². The summed E-state index contributed by atoms with van der Waals surface area (Å²) < 4.78 is 10.1. The van der Waals surface area contributed by atoms with Gasteiger partial charge in [0.05, 0.1) is 23.5 Å². The molecule has 2 aliphatic rings. The predicted molar refractivity (Wildman–Crippen MR) is 95.2 cm³/mol. The molecule has 2 heterocycles. The highest BCUT2D eigenvalue weighted by Gasteiger charge is 2.36. The smallest absolute Gasteiger partial charge is 0.338 e. The zero-order valence-corrected chi connectivity index (χ0v) is 14.9. The van der Waals surface area contributed by atoms with Crippen LogP contribution in [0.1, 0.15) is 30.1 Å². The van der Waals surface area contributed by atoms with Crippen molar-refractivity contribution in [1.82, 2.24) is 5.32 Å². The van der Waals surface area contributed by atoms with Gasteiger partial charge in [-0.15, -0.1) is 0 Å². The molecule has 0 radical (unpaired) electrons. The van der Waals surface area contributed by atoms with Gasteiger partial charge in [0, 0.05) is 20.2 Å². The van der Waals surface area contributed by atoms with Crippen molar-refractivity contribution in [3.8, 4) is 0 Å². The van der Waals surface area contributed by atoms with Crippen LogP contribution in [0.4, 0.5) is 11.4 Å². The van der Waals surface area contributed by atoms with Crippen LogP contribution in [-0.2, 0) is 19.1 Å². The third-order valence-electron chi connectivity index (χ3n) is 4.61. The number of rotatable bonds is 6. The number of amides is 2. The molecular formula is C18H23N3O5. The van der Waals surface area contributed by atoms with Crippen LogP contribution >= 0.6 is 0 Å². The number of methoxy groups -OCH3 is 1. The van der Waals surface area contributed by atoms with Crippen molar-refractivity contribution in [3.05, 3.63) is 23.8 Å². The molecule has 1 fully saturated rings. The second-order valence-electron chi connectivity index (χ2n) is 6.40. The molecule has 8 heteroatoms. The summed E-state index contributed by atoms with van der Waals surface area (Å²) in [5.74, 6) is -1.05. The fourth-order valence-electron chi connectivity index (χ4n) is 3.26. The number of carbonyl (C=O) groups excluding carboxylic acids is 3. The molecule has 2 aliphatic heterocycles. The first kappa shape index (κ1) is 18.2. The highest BCUT2D eigenvalue weighted by atomic mass is 16.5. The molecule has 0 spiro atoms. The summed E-state index contributed by atoms with van der Waals surface area (Å²) in [4.78, 5) is 38.5. The number of fused-ring (bicyclic) bond motifs is 3. The first-order valence-electron chi connectivity index (χ1n) is 8.70. The van der Waals surface area contributed by atoms with Crippen LogP contribution in [0.3, 0.4) is 0 Å².